The van der Waals surface area contributed by atoms with Crippen molar-refractivity contribution in [3.63, 3.8) is 0 Å². The van der Waals surface area contributed by atoms with Crippen LogP contribution in [0.25, 0.3) is 0 Å². The highest BCUT2D eigenvalue weighted by molar-refractivity contribution is 5.93. The molecule has 1 atom stereocenters. The maximum atomic E-state index is 12.8. The molecule has 3 rings (SSSR count). The third-order valence-corrected chi connectivity index (χ3v) is 5.51. The number of rotatable bonds is 5. The Kier molecular flexibility index (Phi) is 6.74. The van der Waals surface area contributed by atoms with Crippen LogP contribution >= 0.6 is 0 Å². The number of carbonyl (C=O) groups excluding carboxylic acids is 1. The highest BCUT2D eigenvalue weighted by atomic mass is 16.5. The van der Waals surface area contributed by atoms with Gasteiger partial charge in [-0.1, -0.05) is 19.1 Å². The van der Waals surface area contributed by atoms with Crippen LogP contribution < -0.4 is 10.2 Å². The zero-order chi connectivity index (χ0) is 18.4. The van der Waals surface area contributed by atoms with Gasteiger partial charge in [0, 0.05) is 52.3 Å². The van der Waals surface area contributed by atoms with E-state index >= 15 is 0 Å². The van der Waals surface area contributed by atoms with Crippen molar-refractivity contribution in [3.8, 4) is 0 Å². The van der Waals surface area contributed by atoms with Gasteiger partial charge in [-0.3, -0.25) is 0 Å². The molecule has 26 heavy (non-hydrogen) atoms. The third-order valence-electron chi connectivity index (χ3n) is 5.51. The molecular weight excluding hydrogens is 328 g/mol. The molecule has 0 saturated carbocycles. The summed E-state index contributed by atoms with van der Waals surface area (Å²) in [6.07, 6.45) is 2.18. The molecule has 2 heterocycles. The monoisotopic (exact) mass is 360 g/mol. The third kappa shape index (κ3) is 4.68. The van der Waals surface area contributed by atoms with Crippen LogP contribution in [0.3, 0.4) is 0 Å². The van der Waals surface area contributed by atoms with Crippen LogP contribution in [-0.4, -0.2) is 75.4 Å². The fourth-order valence-electron chi connectivity index (χ4n) is 3.98. The van der Waals surface area contributed by atoms with E-state index in [1.54, 1.807) is 7.11 Å². The number of amides is 2. The molecule has 6 heteroatoms. The van der Waals surface area contributed by atoms with E-state index in [9.17, 15) is 4.79 Å². The van der Waals surface area contributed by atoms with Gasteiger partial charge in [-0.25, -0.2) is 4.79 Å². The number of nitrogens with one attached hydrogen (secondary N) is 1. The Bertz CT molecular complexity index is 585. The topological polar surface area (TPSA) is 48.0 Å². The molecule has 0 radical (unpaired) electrons. The van der Waals surface area contributed by atoms with Crippen LogP contribution in [0.4, 0.5) is 16.2 Å². The van der Waals surface area contributed by atoms with Crippen molar-refractivity contribution < 1.29 is 9.53 Å². The summed E-state index contributed by atoms with van der Waals surface area (Å²) in [6.45, 7) is 9.78. The van der Waals surface area contributed by atoms with Gasteiger partial charge in [0.2, 0.25) is 0 Å². The Morgan fingerprint density at radius 3 is 2.69 bits per heavy atom. The minimum atomic E-state index is 0.00504. The lowest BCUT2D eigenvalue weighted by atomic mass is 9.99. The van der Waals surface area contributed by atoms with Crippen molar-refractivity contribution in [2.45, 2.75) is 19.8 Å². The van der Waals surface area contributed by atoms with Crippen LogP contribution in [0.2, 0.25) is 0 Å². The zero-order valence-electron chi connectivity index (χ0n) is 16.1. The van der Waals surface area contributed by atoms with Gasteiger partial charge < -0.3 is 24.8 Å². The molecule has 1 aromatic rings. The number of anilines is 2. The summed E-state index contributed by atoms with van der Waals surface area (Å²) < 4.78 is 5.27. The fraction of sp³-hybridized carbons (Fsp3) is 0.650. The van der Waals surface area contributed by atoms with Crippen LogP contribution in [0, 0.1) is 5.92 Å². The minimum Gasteiger partial charge on any atom is -0.384 e. The number of likely N-dealkylation sites (N-methyl/N-ethyl adjacent to an activating group) is 1. The summed E-state index contributed by atoms with van der Waals surface area (Å²) in [6, 6.07) is 8.17. The molecule has 2 aliphatic heterocycles. The first-order valence-electron chi connectivity index (χ1n) is 9.82. The second-order valence-corrected chi connectivity index (χ2v) is 7.28. The lowest BCUT2D eigenvalue weighted by Crippen LogP contribution is -2.47. The second kappa shape index (κ2) is 9.24. The van der Waals surface area contributed by atoms with Gasteiger partial charge in [-0.2, -0.15) is 0 Å². The van der Waals surface area contributed by atoms with Crippen LogP contribution in [0.15, 0.2) is 24.3 Å². The minimum absolute atomic E-state index is 0.00504. The van der Waals surface area contributed by atoms with Crippen molar-refractivity contribution >= 4 is 17.4 Å². The van der Waals surface area contributed by atoms with Gasteiger partial charge >= 0.3 is 6.03 Å². The molecule has 1 unspecified atom stereocenters. The van der Waals surface area contributed by atoms with Gasteiger partial charge in [0.25, 0.3) is 0 Å². The number of para-hydroxylation sites is 2. The highest BCUT2D eigenvalue weighted by Gasteiger charge is 2.25. The smallest absolute Gasteiger partial charge is 0.321 e. The Hall–Kier alpha value is -1.79. The number of likely N-dealkylation sites (tertiary alicyclic amines) is 1. The van der Waals surface area contributed by atoms with E-state index in [0.29, 0.717) is 5.92 Å². The molecule has 0 bridgehead atoms. The van der Waals surface area contributed by atoms with Gasteiger partial charge in [0.1, 0.15) is 0 Å². The summed E-state index contributed by atoms with van der Waals surface area (Å²) >= 11 is 0. The Balaban J connectivity index is 1.63. The Morgan fingerprint density at radius 2 is 1.96 bits per heavy atom. The quantitative estimate of drug-likeness (QED) is 0.877. The van der Waals surface area contributed by atoms with Gasteiger partial charge in [-0.15, -0.1) is 0 Å². The highest BCUT2D eigenvalue weighted by Crippen LogP contribution is 2.27. The van der Waals surface area contributed by atoms with Gasteiger partial charge in [-0.05, 0) is 31.5 Å². The standard InChI is InChI=1S/C20H32N4O2/c1-3-22-11-13-23(14-12-22)19-9-5-4-8-18(19)21-20(25)24-10-6-7-17(15-24)16-26-2/h4-5,8-9,17H,3,6-7,10-16H2,1-2H3,(H,21,25). The predicted molar refractivity (Wildman–Crippen MR) is 106 cm³/mol. The number of piperidine rings is 1. The fourth-order valence-corrected chi connectivity index (χ4v) is 3.98. The largest absolute Gasteiger partial charge is 0.384 e. The molecule has 2 fully saturated rings. The van der Waals surface area contributed by atoms with Crippen LogP contribution in [-0.2, 0) is 4.74 Å². The Labute approximate surface area is 157 Å². The summed E-state index contributed by atoms with van der Waals surface area (Å²) in [5.41, 5.74) is 2.04. The molecule has 6 nitrogen and oxygen atoms in total. The number of hydrogen-bond donors (Lipinski definition) is 1. The molecule has 1 N–H and O–H groups in total. The Morgan fingerprint density at radius 1 is 1.19 bits per heavy atom. The molecule has 2 amide bonds. The average molecular weight is 361 g/mol. The molecule has 144 valence electrons. The SMILES string of the molecule is CCN1CCN(c2ccccc2NC(=O)N2CCCC(COC)C2)CC1. The number of carbonyl (C=O) groups is 1. The molecule has 2 aliphatic rings. The lowest BCUT2D eigenvalue weighted by Gasteiger charge is -2.37. The maximum absolute atomic E-state index is 12.8. The molecule has 1 aromatic carbocycles. The summed E-state index contributed by atoms with van der Waals surface area (Å²) in [5, 5.41) is 3.16. The van der Waals surface area contributed by atoms with Crippen molar-refractivity contribution in [2.24, 2.45) is 5.92 Å². The van der Waals surface area contributed by atoms with E-state index in [-0.39, 0.29) is 6.03 Å². The predicted octanol–water partition coefficient (Wildman–Crippen LogP) is 2.72. The summed E-state index contributed by atoms with van der Waals surface area (Å²) in [4.78, 5) is 19.6. The first kappa shape index (κ1) is 19.0. The second-order valence-electron chi connectivity index (χ2n) is 7.28. The first-order valence-corrected chi connectivity index (χ1v) is 9.82. The van der Waals surface area contributed by atoms with Crippen LogP contribution in [0.5, 0.6) is 0 Å². The van der Waals surface area contributed by atoms with E-state index in [1.165, 1.54) is 0 Å². The summed E-state index contributed by atoms with van der Waals surface area (Å²) in [7, 11) is 1.73. The average Bonchev–Trinajstić information content (AvgIpc) is 2.69. The van der Waals surface area contributed by atoms with Crippen LogP contribution in [0.1, 0.15) is 19.8 Å². The van der Waals surface area contributed by atoms with E-state index in [4.69, 9.17) is 4.74 Å². The first-order chi connectivity index (χ1) is 12.7. The number of benzene rings is 1. The number of hydrogen-bond acceptors (Lipinski definition) is 4. The van der Waals surface area contributed by atoms with Crippen molar-refractivity contribution in [1.82, 2.24) is 9.80 Å². The number of nitrogens with zero attached hydrogens (tertiary/aromatic N) is 3. The van der Waals surface area contributed by atoms with Crippen molar-refractivity contribution in [1.29, 1.82) is 0 Å². The lowest BCUT2D eigenvalue weighted by molar-refractivity contribution is 0.104. The van der Waals surface area contributed by atoms with Gasteiger partial charge in [0.05, 0.1) is 18.0 Å². The molecule has 0 spiro atoms. The summed E-state index contributed by atoms with van der Waals surface area (Å²) in [5.74, 6) is 0.442. The van der Waals surface area contributed by atoms with E-state index in [0.717, 1.165) is 76.6 Å². The molecule has 2 saturated heterocycles. The number of ether oxygens (including phenoxy) is 1. The number of urea groups is 1. The molecular formula is C20H32N4O2. The normalized spacial score (nSPS) is 21.7. The zero-order valence-corrected chi connectivity index (χ0v) is 16.1. The maximum Gasteiger partial charge on any atom is 0.321 e. The van der Waals surface area contributed by atoms with E-state index in [1.807, 2.05) is 23.1 Å². The van der Waals surface area contributed by atoms with E-state index < -0.39 is 0 Å². The van der Waals surface area contributed by atoms with E-state index in [2.05, 4.69) is 28.1 Å². The van der Waals surface area contributed by atoms with Crippen molar-refractivity contribution in [3.05, 3.63) is 24.3 Å². The molecule has 0 aromatic heterocycles. The number of piperazine rings is 1. The molecule has 0 aliphatic carbocycles. The van der Waals surface area contributed by atoms with Crippen molar-refractivity contribution in [2.75, 3.05) is 69.7 Å². The van der Waals surface area contributed by atoms with Gasteiger partial charge in [0.15, 0.2) is 0 Å². The number of methoxy groups -OCH3 is 1.